The van der Waals surface area contributed by atoms with Crippen LogP contribution in [0.15, 0.2) is 0 Å². The van der Waals surface area contributed by atoms with E-state index < -0.39 is 12.2 Å². The van der Waals surface area contributed by atoms with Gasteiger partial charge in [-0.25, -0.2) is 0 Å². The van der Waals surface area contributed by atoms with Crippen molar-refractivity contribution in [2.24, 2.45) is 5.41 Å². The van der Waals surface area contributed by atoms with E-state index in [0.717, 1.165) is 12.8 Å². The van der Waals surface area contributed by atoms with E-state index in [2.05, 4.69) is 20.8 Å². The van der Waals surface area contributed by atoms with Crippen molar-refractivity contribution in [3.05, 3.63) is 0 Å². The molecule has 0 saturated heterocycles. The molecule has 0 rings (SSSR count). The van der Waals surface area contributed by atoms with Gasteiger partial charge in [-0.3, -0.25) is 0 Å². The predicted molar refractivity (Wildman–Crippen MR) is 55.6 cm³/mol. The zero-order valence-corrected chi connectivity index (χ0v) is 9.38. The molecule has 0 saturated carbocycles. The van der Waals surface area contributed by atoms with Crippen molar-refractivity contribution in [1.29, 1.82) is 0 Å². The summed E-state index contributed by atoms with van der Waals surface area (Å²) >= 11 is 0. The first kappa shape index (κ1) is 12.9. The van der Waals surface area contributed by atoms with Crippen molar-refractivity contribution in [3.63, 3.8) is 0 Å². The standard InChI is InChI=1S/C11H24O2/c1-5-6-9(12)10(13)7-8-11(2,3)4/h9-10,12-13H,5-8H2,1-4H3. The van der Waals surface area contributed by atoms with Crippen LogP contribution in [0.1, 0.15) is 53.4 Å². The van der Waals surface area contributed by atoms with E-state index in [-0.39, 0.29) is 5.41 Å². The molecule has 0 aliphatic carbocycles. The van der Waals surface area contributed by atoms with Crippen LogP contribution in [0.5, 0.6) is 0 Å². The Hall–Kier alpha value is -0.0800. The van der Waals surface area contributed by atoms with Crippen LogP contribution in [0.4, 0.5) is 0 Å². The lowest BCUT2D eigenvalue weighted by molar-refractivity contribution is 0.00384. The highest BCUT2D eigenvalue weighted by atomic mass is 16.3. The number of rotatable bonds is 5. The molecule has 13 heavy (non-hydrogen) atoms. The lowest BCUT2D eigenvalue weighted by Crippen LogP contribution is -2.26. The maximum Gasteiger partial charge on any atom is 0.0799 e. The third-order valence-corrected chi connectivity index (χ3v) is 2.22. The van der Waals surface area contributed by atoms with Gasteiger partial charge in [-0.05, 0) is 24.7 Å². The van der Waals surface area contributed by atoms with Crippen molar-refractivity contribution in [2.45, 2.75) is 65.6 Å². The van der Waals surface area contributed by atoms with Crippen LogP contribution in [-0.4, -0.2) is 22.4 Å². The van der Waals surface area contributed by atoms with Crippen LogP contribution in [0, 0.1) is 5.41 Å². The summed E-state index contributed by atoms with van der Waals surface area (Å²) in [5, 5.41) is 19.0. The highest BCUT2D eigenvalue weighted by Gasteiger charge is 2.18. The summed E-state index contributed by atoms with van der Waals surface area (Å²) in [5.41, 5.74) is 0.243. The largest absolute Gasteiger partial charge is 0.390 e. The fourth-order valence-corrected chi connectivity index (χ4v) is 1.26. The zero-order chi connectivity index (χ0) is 10.5. The third kappa shape index (κ3) is 7.03. The Morgan fingerprint density at radius 2 is 1.46 bits per heavy atom. The maximum absolute atomic E-state index is 9.56. The van der Waals surface area contributed by atoms with Crippen molar-refractivity contribution in [2.75, 3.05) is 0 Å². The molecule has 0 aliphatic heterocycles. The molecule has 2 unspecified atom stereocenters. The molecular formula is C11H24O2. The van der Waals surface area contributed by atoms with E-state index in [4.69, 9.17) is 0 Å². The first-order chi connectivity index (χ1) is 5.87. The molecule has 0 heterocycles. The molecule has 0 bridgehead atoms. The molecule has 80 valence electrons. The Balaban J connectivity index is 3.67. The van der Waals surface area contributed by atoms with Gasteiger partial charge in [0.15, 0.2) is 0 Å². The molecule has 0 spiro atoms. The fraction of sp³-hybridized carbons (Fsp3) is 1.00. The molecule has 0 radical (unpaired) electrons. The van der Waals surface area contributed by atoms with Gasteiger partial charge in [-0.15, -0.1) is 0 Å². The molecule has 0 aromatic rings. The highest BCUT2D eigenvalue weighted by molar-refractivity contribution is 4.70. The fourth-order valence-electron chi connectivity index (χ4n) is 1.26. The molecular weight excluding hydrogens is 164 g/mol. The molecule has 0 amide bonds. The minimum absolute atomic E-state index is 0.243. The average molecular weight is 188 g/mol. The Morgan fingerprint density at radius 1 is 1.00 bits per heavy atom. The Kier molecular flexibility index (Phi) is 5.57. The normalized spacial score (nSPS) is 17.1. The molecule has 0 aliphatic rings. The van der Waals surface area contributed by atoms with Crippen LogP contribution in [0.25, 0.3) is 0 Å². The van der Waals surface area contributed by atoms with Gasteiger partial charge in [-0.1, -0.05) is 34.1 Å². The third-order valence-electron chi connectivity index (χ3n) is 2.22. The van der Waals surface area contributed by atoms with Crippen LogP contribution in [0.2, 0.25) is 0 Å². The van der Waals surface area contributed by atoms with Gasteiger partial charge in [0, 0.05) is 0 Å². The lowest BCUT2D eigenvalue weighted by atomic mass is 9.88. The first-order valence-electron chi connectivity index (χ1n) is 5.23. The summed E-state index contributed by atoms with van der Waals surface area (Å²) in [6.45, 7) is 8.45. The minimum atomic E-state index is -0.542. The van der Waals surface area contributed by atoms with Crippen LogP contribution in [0.3, 0.4) is 0 Å². The first-order valence-corrected chi connectivity index (χ1v) is 5.23. The molecule has 2 heteroatoms. The van der Waals surface area contributed by atoms with E-state index in [1.807, 2.05) is 6.92 Å². The summed E-state index contributed by atoms with van der Waals surface area (Å²) in [6.07, 6.45) is 2.20. The summed E-state index contributed by atoms with van der Waals surface area (Å²) in [5.74, 6) is 0. The van der Waals surface area contributed by atoms with Crippen LogP contribution in [-0.2, 0) is 0 Å². The monoisotopic (exact) mass is 188 g/mol. The zero-order valence-electron chi connectivity index (χ0n) is 9.38. The second-order valence-electron chi connectivity index (χ2n) is 5.02. The van der Waals surface area contributed by atoms with Gasteiger partial charge >= 0.3 is 0 Å². The second-order valence-corrected chi connectivity index (χ2v) is 5.02. The van der Waals surface area contributed by atoms with E-state index >= 15 is 0 Å². The lowest BCUT2D eigenvalue weighted by Gasteiger charge is -2.22. The van der Waals surface area contributed by atoms with Gasteiger partial charge < -0.3 is 10.2 Å². The molecule has 0 fully saturated rings. The van der Waals surface area contributed by atoms with E-state index in [0.29, 0.717) is 12.8 Å². The SMILES string of the molecule is CCCC(O)C(O)CCC(C)(C)C. The highest BCUT2D eigenvalue weighted by Crippen LogP contribution is 2.22. The maximum atomic E-state index is 9.56. The number of aliphatic hydroxyl groups excluding tert-OH is 2. The molecule has 2 nitrogen and oxygen atoms in total. The molecule has 2 atom stereocenters. The van der Waals surface area contributed by atoms with Gasteiger partial charge in [0.05, 0.1) is 12.2 Å². The molecule has 0 aromatic carbocycles. The smallest absolute Gasteiger partial charge is 0.0799 e. The van der Waals surface area contributed by atoms with Crippen LogP contribution >= 0.6 is 0 Å². The van der Waals surface area contributed by atoms with E-state index in [1.54, 1.807) is 0 Å². The predicted octanol–water partition coefficient (Wildman–Crippen LogP) is 2.33. The van der Waals surface area contributed by atoms with E-state index in [1.165, 1.54) is 0 Å². The summed E-state index contributed by atoms with van der Waals surface area (Å²) < 4.78 is 0. The van der Waals surface area contributed by atoms with Gasteiger partial charge in [0.1, 0.15) is 0 Å². The van der Waals surface area contributed by atoms with Crippen molar-refractivity contribution >= 4 is 0 Å². The van der Waals surface area contributed by atoms with Gasteiger partial charge in [0.2, 0.25) is 0 Å². The summed E-state index contributed by atoms with van der Waals surface area (Å²) in [4.78, 5) is 0. The quantitative estimate of drug-likeness (QED) is 0.695. The Bertz CT molecular complexity index is 127. The molecule has 2 N–H and O–H groups in total. The topological polar surface area (TPSA) is 40.5 Å². The second kappa shape index (κ2) is 5.61. The van der Waals surface area contributed by atoms with E-state index in [9.17, 15) is 10.2 Å². The number of hydrogen-bond donors (Lipinski definition) is 2. The summed E-state index contributed by atoms with van der Waals surface area (Å²) in [6, 6.07) is 0. The van der Waals surface area contributed by atoms with Gasteiger partial charge in [0.25, 0.3) is 0 Å². The van der Waals surface area contributed by atoms with Crippen molar-refractivity contribution in [3.8, 4) is 0 Å². The Labute approximate surface area is 82.0 Å². The van der Waals surface area contributed by atoms with Crippen molar-refractivity contribution < 1.29 is 10.2 Å². The minimum Gasteiger partial charge on any atom is -0.390 e. The number of aliphatic hydroxyl groups is 2. The summed E-state index contributed by atoms with van der Waals surface area (Å²) in [7, 11) is 0. The van der Waals surface area contributed by atoms with Crippen molar-refractivity contribution in [1.82, 2.24) is 0 Å². The number of hydrogen-bond acceptors (Lipinski definition) is 2. The van der Waals surface area contributed by atoms with Crippen LogP contribution < -0.4 is 0 Å². The van der Waals surface area contributed by atoms with Gasteiger partial charge in [-0.2, -0.15) is 0 Å². The molecule has 0 aromatic heterocycles. The Morgan fingerprint density at radius 3 is 1.85 bits per heavy atom. The average Bonchev–Trinajstić information content (AvgIpc) is 1.99.